The van der Waals surface area contributed by atoms with Gasteiger partial charge >= 0.3 is 0 Å². The van der Waals surface area contributed by atoms with E-state index < -0.39 is 0 Å². The van der Waals surface area contributed by atoms with Gasteiger partial charge in [-0.15, -0.1) is 0 Å². The van der Waals surface area contributed by atoms with E-state index in [1.165, 1.54) is 12.1 Å². The number of benzene rings is 1. The Labute approximate surface area is 116 Å². The van der Waals surface area contributed by atoms with E-state index in [4.69, 9.17) is 11.6 Å². The summed E-state index contributed by atoms with van der Waals surface area (Å²) in [4.78, 5) is 8.93. The molecule has 5 heteroatoms. The van der Waals surface area contributed by atoms with Crippen LogP contribution in [0.4, 0.5) is 10.2 Å². The molecule has 1 N–H and O–H groups in total. The lowest BCUT2D eigenvalue weighted by Gasteiger charge is -2.12. The third kappa shape index (κ3) is 2.68. The number of nitrogens with zero attached hydrogens (tertiary/aromatic N) is 2. The van der Waals surface area contributed by atoms with E-state index in [0.29, 0.717) is 16.4 Å². The number of nitrogens with one attached hydrogen (secondary N) is 1. The summed E-state index contributed by atoms with van der Waals surface area (Å²) in [7, 11) is 1.81. The first-order chi connectivity index (χ1) is 9.06. The minimum atomic E-state index is -0.370. The standard InChI is InChI=1S/C14H15ClFN3/c1-4-12-8(2)13(17-3)19-14(18-12)10-6-5-9(16)7-11(10)15/h5-7H,4H2,1-3H3,(H,17,18,19). The molecule has 1 heterocycles. The van der Waals surface area contributed by atoms with Crippen molar-refractivity contribution >= 4 is 17.4 Å². The first-order valence-corrected chi connectivity index (χ1v) is 6.45. The molecule has 19 heavy (non-hydrogen) atoms. The summed E-state index contributed by atoms with van der Waals surface area (Å²) in [5, 5.41) is 3.36. The Balaban J connectivity index is 2.62. The van der Waals surface area contributed by atoms with Gasteiger partial charge in [0.05, 0.1) is 5.02 Å². The minimum absolute atomic E-state index is 0.313. The van der Waals surface area contributed by atoms with Crippen LogP contribution in [0, 0.1) is 12.7 Å². The molecule has 2 rings (SSSR count). The fourth-order valence-corrected chi connectivity index (χ4v) is 2.19. The van der Waals surface area contributed by atoms with Crippen molar-refractivity contribution < 1.29 is 4.39 Å². The molecule has 1 aromatic carbocycles. The highest BCUT2D eigenvalue weighted by molar-refractivity contribution is 6.33. The molecule has 3 nitrogen and oxygen atoms in total. The molecular weight excluding hydrogens is 265 g/mol. The minimum Gasteiger partial charge on any atom is -0.373 e. The molecule has 0 radical (unpaired) electrons. The first-order valence-electron chi connectivity index (χ1n) is 6.07. The van der Waals surface area contributed by atoms with Gasteiger partial charge < -0.3 is 5.32 Å². The second-order valence-corrected chi connectivity index (χ2v) is 4.60. The Bertz CT molecular complexity index is 589. The van der Waals surface area contributed by atoms with Crippen molar-refractivity contribution in [1.29, 1.82) is 0 Å². The Morgan fingerprint density at radius 2 is 2.05 bits per heavy atom. The predicted octanol–water partition coefficient (Wildman–Crippen LogP) is 3.85. The van der Waals surface area contributed by atoms with Gasteiger partial charge in [-0.3, -0.25) is 0 Å². The van der Waals surface area contributed by atoms with Crippen LogP contribution in [0.5, 0.6) is 0 Å². The summed E-state index contributed by atoms with van der Waals surface area (Å²) in [6.45, 7) is 4.01. The van der Waals surface area contributed by atoms with E-state index in [0.717, 1.165) is 23.5 Å². The van der Waals surface area contributed by atoms with Gasteiger partial charge in [-0.05, 0) is 31.5 Å². The number of rotatable bonds is 3. The summed E-state index contributed by atoms with van der Waals surface area (Å²) in [6.07, 6.45) is 0.800. The molecule has 0 saturated heterocycles. The third-order valence-corrected chi connectivity index (χ3v) is 3.30. The summed E-state index contributed by atoms with van der Waals surface area (Å²) in [6, 6.07) is 4.22. The van der Waals surface area contributed by atoms with Crippen LogP contribution in [-0.4, -0.2) is 17.0 Å². The lowest BCUT2D eigenvalue weighted by molar-refractivity contribution is 0.628. The normalized spacial score (nSPS) is 10.6. The van der Waals surface area contributed by atoms with Crippen LogP contribution in [0.25, 0.3) is 11.4 Å². The average molecular weight is 280 g/mol. The summed E-state index contributed by atoms with van der Waals surface area (Å²) < 4.78 is 13.1. The van der Waals surface area contributed by atoms with Gasteiger partial charge in [-0.2, -0.15) is 0 Å². The van der Waals surface area contributed by atoms with Crippen molar-refractivity contribution in [2.45, 2.75) is 20.3 Å². The van der Waals surface area contributed by atoms with Crippen LogP contribution >= 0.6 is 11.6 Å². The monoisotopic (exact) mass is 279 g/mol. The van der Waals surface area contributed by atoms with Crippen molar-refractivity contribution in [3.63, 3.8) is 0 Å². The Hall–Kier alpha value is -1.68. The van der Waals surface area contributed by atoms with Crippen molar-refractivity contribution in [2.75, 3.05) is 12.4 Å². The maximum Gasteiger partial charge on any atom is 0.163 e. The molecule has 0 atom stereocenters. The number of aromatic nitrogens is 2. The van der Waals surface area contributed by atoms with Crippen LogP contribution in [0.15, 0.2) is 18.2 Å². The Morgan fingerprint density at radius 3 is 2.63 bits per heavy atom. The molecule has 0 aliphatic rings. The van der Waals surface area contributed by atoms with Gasteiger partial charge in [0.2, 0.25) is 0 Å². The first kappa shape index (κ1) is 13.7. The summed E-state index contributed by atoms with van der Waals surface area (Å²) >= 11 is 6.05. The van der Waals surface area contributed by atoms with Crippen molar-refractivity contribution in [3.8, 4) is 11.4 Å². The SMILES string of the molecule is CCc1nc(-c2ccc(F)cc2Cl)nc(NC)c1C. The van der Waals surface area contributed by atoms with E-state index in [9.17, 15) is 4.39 Å². The average Bonchev–Trinajstić information content (AvgIpc) is 2.39. The smallest absolute Gasteiger partial charge is 0.163 e. The predicted molar refractivity (Wildman–Crippen MR) is 76.1 cm³/mol. The Morgan fingerprint density at radius 1 is 1.32 bits per heavy atom. The van der Waals surface area contributed by atoms with E-state index >= 15 is 0 Å². The maximum atomic E-state index is 13.1. The second kappa shape index (κ2) is 5.53. The number of hydrogen-bond donors (Lipinski definition) is 1. The van der Waals surface area contributed by atoms with Gasteiger partial charge in [-0.1, -0.05) is 18.5 Å². The molecule has 100 valence electrons. The fraction of sp³-hybridized carbons (Fsp3) is 0.286. The van der Waals surface area contributed by atoms with Gasteiger partial charge in [-0.25, -0.2) is 14.4 Å². The molecule has 0 unspecified atom stereocenters. The molecule has 0 fully saturated rings. The number of anilines is 1. The van der Waals surface area contributed by atoms with Gasteiger partial charge in [0.25, 0.3) is 0 Å². The second-order valence-electron chi connectivity index (χ2n) is 4.20. The summed E-state index contributed by atoms with van der Waals surface area (Å²) in [5.74, 6) is 0.907. The zero-order valence-corrected chi connectivity index (χ0v) is 11.8. The van der Waals surface area contributed by atoms with Crippen LogP contribution in [0.1, 0.15) is 18.2 Å². The topological polar surface area (TPSA) is 37.8 Å². The van der Waals surface area contributed by atoms with Crippen molar-refractivity contribution in [2.24, 2.45) is 0 Å². The number of halogens is 2. The molecule has 2 aromatic rings. The van der Waals surface area contributed by atoms with E-state index in [1.807, 2.05) is 20.9 Å². The van der Waals surface area contributed by atoms with Gasteiger partial charge in [0.1, 0.15) is 11.6 Å². The van der Waals surface area contributed by atoms with Crippen LogP contribution in [0.3, 0.4) is 0 Å². The molecular formula is C14H15ClFN3. The molecule has 0 saturated carbocycles. The molecule has 0 aliphatic heterocycles. The van der Waals surface area contributed by atoms with E-state index in [1.54, 1.807) is 6.07 Å². The molecule has 0 spiro atoms. The Kier molecular flexibility index (Phi) is 4.00. The van der Waals surface area contributed by atoms with Crippen molar-refractivity contribution in [1.82, 2.24) is 9.97 Å². The quantitative estimate of drug-likeness (QED) is 0.927. The zero-order valence-electron chi connectivity index (χ0n) is 11.1. The molecule has 1 aromatic heterocycles. The highest BCUT2D eigenvalue weighted by Gasteiger charge is 2.13. The van der Waals surface area contributed by atoms with Gasteiger partial charge in [0.15, 0.2) is 5.82 Å². The van der Waals surface area contributed by atoms with Crippen LogP contribution in [0.2, 0.25) is 5.02 Å². The van der Waals surface area contributed by atoms with Crippen LogP contribution in [-0.2, 0) is 6.42 Å². The molecule has 0 aliphatic carbocycles. The zero-order chi connectivity index (χ0) is 14.0. The number of aryl methyl sites for hydroxylation is 1. The highest BCUT2D eigenvalue weighted by Crippen LogP contribution is 2.28. The maximum absolute atomic E-state index is 13.1. The fourth-order valence-electron chi connectivity index (χ4n) is 1.94. The van der Waals surface area contributed by atoms with Crippen LogP contribution < -0.4 is 5.32 Å². The summed E-state index contributed by atoms with van der Waals surface area (Å²) in [5.41, 5.74) is 2.61. The lowest BCUT2D eigenvalue weighted by atomic mass is 10.1. The highest BCUT2D eigenvalue weighted by atomic mass is 35.5. The molecule has 0 amide bonds. The van der Waals surface area contributed by atoms with E-state index in [-0.39, 0.29) is 5.82 Å². The largest absolute Gasteiger partial charge is 0.373 e. The number of hydrogen-bond acceptors (Lipinski definition) is 3. The van der Waals surface area contributed by atoms with Crippen molar-refractivity contribution in [3.05, 3.63) is 40.3 Å². The van der Waals surface area contributed by atoms with E-state index in [2.05, 4.69) is 15.3 Å². The van der Waals surface area contributed by atoms with Gasteiger partial charge in [0, 0.05) is 23.9 Å². The molecule has 0 bridgehead atoms. The lowest BCUT2D eigenvalue weighted by Crippen LogP contribution is -2.04. The third-order valence-electron chi connectivity index (χ3n) is 2.99.